The molecule has 1 aromatic heterocycles. The van der Waals surface area contributed by atoms with E-state index in [0.29, 0.717) is 12.0 Å². The molecule has 0 saturated heterocycles. The van der Waals surface area contributed by atoms with Gasteiger partial charge in [-0.05, 0) is 95.6 Å². The highest BCUT2D eigenvalue weighted by molar-refractivity contribution is 8.08. The Morgan fingerprint density at radius 2 is 1.61 bits per heavy atom. The topological polar surface area (TPSA) is 146 Å². The number of thiophene rings is 1. The first-order valence-corrected chi connectivity index (χ1v) is 20.3. The van der Waals surface area contributed by atoms with E-state index in [9.17, 15) is 35.1 Å². The molecule has 4 heterocycles. The largest absolute Gasteiger partial charge is 0.481 e. The highest BCUT2D eigenvalue weighted by atomic mass is 32.2. The summed E-state index contributed by atoms with van der Waals surface area (Å²) in [5.74, 6) is -2.93. The van der Waals surface area contributed by atoms with Crippen LogP contribution in [0.4, 0.5) is 11.4 Å². The zero-order valence-electron chi connectivity index (χ0n) is 30.7. The van der Waals surface area contributed by atoms with Gasteiger partial charge in [-0.3, -0.25) is 19.3 Å². The van der Waals surface area contributed by atoms with Crippen molar-refractivity contribution in [1.82, 2.24) is 4.90 Å². The van der Waals surface area contributed by atoms with Crippen LogP contribution in [-0.2, 0) is 14.4 Å². The molecule has 1 amide bonds. The second-order valence-corrected chi connectivity index (χ2v) is 16.7. The first-order valence-electron chi connectivity index (χ1n) is 18.6. The van der Waals surface area contributed by atoms with Gasteiger partial charge in [0.1, 0.15) is 18.7 Å². The molecule has 11 heteroatoms. The lowest BCUT2D eigenvalue weighted by Gasteiger charge is -2.27. The van der Waals surface area contributed by atoms with Crippen LogP contribution in [-0.4, -0.2) is 45.5 Å². The van der Waals surface area contributed by atoms with Gasteiger partial charge in [-0.2, -0.15) is 10.5 Å². The molecule has 3 atom stereocenters. The summed E-state index contributed by atoms with van der Waals surface area (Å²) in [6.07, 6.45) is 11.1. The number of nitriles is 2. The van der Waals surface area contributed by atoms with E-state index in [1.165, 1.54) is 63.9 Å². The fraction of sp³-hybridized carbons (Fsp3) is 0.196. The van der Waals surface area contributed by atoms with Crippen molar-refractivity contribution in [2.45, 2.75) is 49.3 Å². The highest BCUT2D eigenvalue weighted by Crippen LogP contribution is 2.55. The minimum atomic E-state index is -1.36. The summed E-state index contributed by atoms with van der Waals surface area (Å²) in [5, 5.41) is 38.3. The van der Waals surface area contributed by atoms with E-state index in [-0.39, 0.29) is 22.1 Å². The number of hydrogen-bond acceptors (Lipinski definition) is 8. The van der Waals surface area contributed by atoms with E-state index in [1.54, 1.807) is 29.6 Å². The van der Waals surface area contributed by atoms with Crippen LogP contribution in [0.15, 0.2) is 120 Å². The summed E-state index contributed by atoms with van der Waals surface area (Å²) >= 11 is 3.40. The molecule has 3 unspecified atom stereocenters. The highest BCUT2D eigenvalue weighted by Gasteiger charge is 2.42. The maximum absolute atomic E-state index is 13.4. The molecule has 1 saturated carbocycles. The summed E-state index contributed by atoms with van der Waals surface area (Å²) in [6.45, 7) is 3.05. The second kappa shape index (κ2) is 15.6. The molecule has 0 radical (unpaired) electrons. The van der Waals surface area contributed by atoms with Crippen molar-refractivity contribution in [3.63, 3.8) is 0 Å². The van der Waals surface area contributed by atoms with Crippen molar-refractivity contribution < 1.29 is 24.6 Å². The maximum Gasteiger partial charge on any atom is 0.323 e. The quantitative estimate of drug-likeness (QED) is 0.142. The first-order chi connectivity index (χ1) is 27.7. The number of allylic oxidation sites excluding steroid dienone is 3. The fourth-order valence-electron chi connectivity index (χ4n) is 8.46. The number of benzene rings is 3. The molecule has 282 valence electrons. The van der Waals surface area contributed by atoms with Crippen LogP contribution in [0.5, 0.6) is 0 Å². The number of carboxylic acids is 2. The number of amides is 1. The zero-order chi connectivity index (χ0) is 39.8. The Morgan fingerprint density at radius 3 is 2.30 bits per heavy atom. The molecule has 4 aliphatic rings. The molecule has 1 aliphatic carbocycles. The molecule has 57 heavy (non-hydrogen) atoms. The third kappa shape index (κ3) is 7.12. The number of hydrogen-bond donors (Lipinski definition) is 2. The molecular weight excluding hydrogens is 753 g/mol. The lowest BCUT2D eigenvalue weighted by atomic mass is 9.95. The van der Waals surface area contributed by atoms with Crippen LogP contribution in [0.25, 0.3) is 28.2 Å². The number of carboxylic acid groups (broad SMARTS) is 2. The number of carbonyl (C=O) groups is 3. The SMILES string of the molecule is C=Cc1ccc(-c2ccc(N3c4ccc(C5=CCC(c6ccc(/C=C/C7=C(CC(=O)O)C(=C(C#N)C#N)N(CC(=O)O)C7=O)s6)S5)cc4C4CCCC43)cc2)cc1. The normalized spacial score (nSPS) is 19.8. The van der Waals surface area contributed by atoms with Crippen molar-refractivity contribution in [3.8, 4) is 23.3 Å². The smallest absolute Gasteiger partial charge is 0.323 e. The Balaban J connectivity index is 0.993. The van der Waals surface area contributed by atoms with E-state index in [2.05, 4.69) is 90.4 Å². The Morgan fingerprint density at radius 1 is 0.895 bits per heavy atom. The minimum Gasteiger partial charge on any atom is -0.481 e. The summed E-state index contributed by atoms with van der Waals surface area (Å²) in [4.78, 5) is 43.3. The number of anilines is 2. The number of aliphatic carboxylic acids is 2. The second-order valence-electron chi connectivity index (χ2n) is 14.3. The van der Waals surface area contributed by atoms with E-state index in [0.717, 1.165) is 26.6 Å². The first kappa shape index (κ1) is 37.5. The van der Waals surface area contributed by atoms with E-state index >= 15 is 0 Å². The Bertz CT molecular complexity index is 2530. The molecule has 0 bridgehead atoms. The number of fused-ring (bicyclic) bond motifs is 3. The molecule has 3 aromatic carbocycles. The predicted octanol–water partition coefficient (Wildman–Crippen LogP) is 10.1. The minimum absolute atomic E-state index is 0.0581. The lowest BCUT2D eigenvalue weighted by Crippen LogP contribution is -2.32. The third-order valence-electron chi connectivity index (χ3n) is 11.0. The van der Waals surface area contributed by atoms with Crippen LogP contribution < -0.4 is 4.90 Å². The van der Waals surface area contributed by atoms with Crippen molar-refractivity contribution >= 4 is 69.4 Å². The van der Waals surface area contributed by atoms with E-state index in [1.807, 2.05) is 23.9 Å². The average Bonchev–Trinajstić information content (AvgIpc) is 4.06. The van der Waals surface area contributed by atoms with Crippen molar-refractivity contribution in [1.29, 1.82) is 10.5 Å². The van der Waals surface area contributed by atoms with E-state index < -0.39 is 36.4 Å². The van der Waals surface area contributed by atoms with Crippen LogP contribution in [0, 0.1) is 22.7 Å². The standard InChI is InChI=1S/C46H36N4O5S2/c1-2-27-6-8-28(9-7-27)29-10-13-32(14-11-29)50-38-5-3-4-34(38)36-22-30(12-18-39(36)50)40-20-21-42(57-40)41-19-16-33(56-41)15-17-35-37(23-43(51)52)45(31(24-47)25-48)49(46(35)55)26-44(53)54/h2,6-20,22,34,38,42H,1,3-5,21,23,26H2,(H,51,52)(H,53,54)/b17-15+. The van der Waals surface area contributed by atoms with Gasteiger partial charge in [-0.15, -0.1) is 23.1 Å². The average molecular weight is 789 g/mol. The maximum atomic E-state index is 13.4. The van der Waals surface area contributed by atoms with Gasteiger partial charge in [0.15, 0.2) is 5.57 Å². The number of thioether (sulfide) groups is 1. The molecule has 8 rings (SSSR count). The van der Waals surface area contributed by atoms with Gasteiger partial charge >= 0.3 is 11.9 Å². The Hall–Kier alpha value is -6.40. The molecule has 0 spiro atoms. The van der Waals surface area contributed by atoms with Crippen LogP contribution in [0.2, 0.25) is 0 Å². The summed E-state index contributed by atoms with van der Waals surface area (Å²) in [6, 6.07) is 32.1. The molecule has 4 aromatic rings. The van der Waals surface area contributed by atoms with Crippen molar-refractivity contribution in [3.05, 3.63) is 146 Å². The van der Waals surface area contributed by atoms with Gasteiger partial charge in [0, 0.05) is 54.4 Å². The van der Waals surface area contributed by atoms with E-state index in [4.69, 9.17) is 0 Å². The number of rotatable bonds is 11. The zero-order valence-corrected chi connectivity index (χ0v) is 32.4. The monoisotopic (exact) mass is 788 g/mol. The van der Waals surface area contributed by atoms with Gasteiger partial charge in [-0.1, -0.05) is 67.6 Å². The number of nitrogens with zero attached hydrogens (tertiary/aromatic N) is 4. The van der Waals surface area contributed by atoms with Gasteiger partial charge in [0.05, 0.1) is 12.1 Å². The number of carbonyl (C=O) groups excluding carboxylic acids is 1. The summed E-state index contributed by atoms with van der Waals surface area (Å²) < 4.78 is 0. The Labute approximate surface area is 338 Å². The molecule has 3 aliphatic heterocycles. The molecular formula is C46H36N4O5S2. The van der Waals surface area contributed by atoms with Crippen LogP contribution in [0.1, 0.15) is 69.7 Å². The molecule has 1 fully saturated rings. The van der Waals surface area contributed by atoms with Gasteiger partial charge in [0.25, 0.3) is 5.91 Å². The summed E-state index contributed by atoms with van der Waals surface area (Å²) in [5.41, 5.74) is 7.72. The van der Waals surface area contributed by atoms with Gasteiger partial charge < -0.3 is 15.1 Å². The van der Waals surface area contributed by atoms with Gasteiger partial charge in [0.2, 0.25) is 0 Å². The Kier molecular flexibility index (Phi) is 10.3. The molecule has 2 N–H and O–H groups in total. The third-order valence-corrected chi connectivity index (χ3v) is 13.7. The van der Waals surface area contributed by atoms with Gasteiger partial charge in [-0.25, -0.2) is 0 Å². The molecule has 9 nitrogen and oxygen atoms in total. The van der Waals surface area contributed by atoms with Crippen molar-refractivity contribution in [2.24, 2.45) is 0 Å². The van der Waals surface area contributed by atoms with Crippen molar-refractivity contribution in [2.75, 3.05) is 11.4 Å². The van der Waals surface area contributed by atoms with Crippen LogP contribution in [0.3, 0.4) is 0 Å². The summed E-state index contributed by atoms with van der Waals surface area (Å²) in [7, 11) is 0. The fourth-order valence-corrected chi connectivity index (χ4v) is 10.8. The van der Waals surface area contributed by atoms with Crippen LogP contribution >= 0.6 is 23.1 Å². The predicted molar refractivity (Wildman–Crippen MR) is 224 cm³/mol. The lowest BCUT2D eigenvalue weighted by molar-refractivity contribution is -0.141.